The van der Waals surface area contributed by atoms with Crippen LogP contribution in [0.1, 0.15) is 12.5 Å². The molecule has 0 bridgehead atoms. The summed E-state index contributed by atoms with van der Waals surface area (Å²) >= 11 is 0. The van der Waals surface area contributed by atoms with Crippen LogP contribution in [0.4, 0.5) is 0 Å². The van der Waals surface area contributed by atoms with Crippen molar-refractivity contribution in [3.8, 4) is 0 Å². The van der Waals surface area contributed by atoms with Crippen LogP contribution in [0.25, 0.3) is 0 Å². The molecule has 4 nitrogen and oxygen atoms in total. The Kier molecular flexibility index (Phi) is 4.59. The smallest absolute Gasteiger partial charge is 0.0947 e. The maximum Gasteiger partial charge on any atom is 0.0947 e. The first-order valence-electron chi connectivity index (χ1n) is 6.40. The van der Waals surface area contributed by atoms with Gasteiger partial charge in [-0.15, -0.1) is 0 Å². The SMILES string of the molecule is CC1CN(C)CCN1CCNCc1ccoc1. The highest BCUT2D eigenvalue weighted by atomic mass is 16.3. The molecule has 1 aliphatic rings. The van der Waals surface area contributed by atoms with Gasteiger partial charge >= 0.3 is 0 Å². The fourth-order valence-electron chi connectivity index (χ4n) is 2.36. The van der Waals surface area contributed by atoms with Crippen molar-refractivity contribution in [2.24, 2.45) is 0 Å². The first kappa shape index (κ1) is 12.6. The standard InChI is InChI=1S/C13H23N3O/c1-12-10-15(2)6-7-16(12)5-4-14-9-13-3-8-17-11-13/h3,8,11-12,14H,4-7,9-10H2,1-2H3. The molecule has 1 atom stereocenters. The van der Waals surface area contributed by atoms with Crippen LogP contribution in [0.2, 0.25) is 0 Å². The van der Waals surface area contributed by atoms with Gasteiger partial charge in [0.05, 0.1) is 12.5 Å². The summed E-state index contributed by atoms with van der Waals surface area (Å²) in [5, 5.41) is 3.45. The van der Waals surface area contributed by atoms with Crippen molar-refractivity contribution in [1.29, 1.82) is 0 Å². The second kappa shape index (κ2) is 6.19. The summed E-state index contributed by atoms with van der Waals surface area (Å²) in [6.07, 6.45) is 3.52. The van der Waals surface area contributed by atoms with Gasteiger partial charge in [0.1, 0.15) is 0 Å². The summed E-state index contributed by atoms with van der Waals surface area (Å²) in [6.45, 7) is 8.94. The van der Waals surface area contributed by atoms with Crippen molar-refractivity contribution in [2.45, 2.75) is 19.5 Å². The van der Waals surface area contributed by atoms with Crippen molar-refractivity contribution in [3.63, 3.8) is 0 Å². The second-order valence-electron chi connectivity index (χ2n) is 4.96. The molecule has 2 rings (SSSR count). The Morgan fingerprint density at radius 2 is 2.35 bits per heavy atom. The van der Waals surface area contributed by atoms with Gasteiger partial charge in [0, 0.05) is 50.9 Å². The van der Waals surface area contributed by atoms with Gasteiger partial charge in [0.2, 0.25) is 0 Å². The number of nitrogens with one attached hydrogen (secondary N) is 1. The zero-order valence-electron chi connectivity index (χ0n) is 10.9. The van der Waals surface area contributed by atoms with E-state index in [4.69, 9.17) is 4.42 Å². The summed E-state index contributed by atoms with van der Waals surface area (Å²) in [5.74, 6) is 0. The average molecular weight is 237 g/mol. The first-order chi connectivity index (χ1) is 8.25. The minimum absolute atomic E-state index is 0.671. The quantitative estimate of drug-likeness (QED) is 0.774. The Morgan fingerprint density at radius 1 is 1.47 bits per heavy atom. The molecule has 1 saturated heterocycles. The number of hydrogen-bond acceptors (Lipinski definition) is 4. The number of furan rings is 1. The maximum absolute atomic E-state index is 5.03. The Balaban J connectivity index is 1.61. The molecule has 0 radical (unpaired) electrons. The predicted octanol–water partition coefficient (Wildman–Crippen LogP) is 1.01. The third kappa shape index (κ3) is 3.84. The van der Waals surface area contributed by atoms with E-state index < -0.39 is 0 Å². The fraction of sp³-hybridized carbons (Fsp3) is 0.692. The van der Waals surface area contributed by atoms with Gasteiger partial charge in [-0.25, -0.2) is 0 Å². The molecule has 4 heteroatoms. The lowest BCUT2D eigenvalue weighted by molar-refractivity contribution is 0.101. The van der Waals surface area contributed by atoms with E-state index >= 15 is 0 Å². The molecule has 1 fully saturated rings. The number of nitrogens with zero attached hydrogens (tertiary/aromatic N) is 2. The third-order valence-electron chi connectivity index (χ3n) is 3.45. The Bertz CT molecular complexity index is 312. The van der Waals surface area contributed by atoms with Gasteiger partial charge in [0.25, 0.3) is 0 Å². The summed E-state index contributed by atoms with van der Waals surface area (Å²) in [6, 6.07) is 2.68. The second-order valence-corrected chi connectivity index (χ2v) is 4.96. The molecule has 1 aromatic heterocycles. The molecule has 0 spiro atoms. The molecule has 17 heavy (non-hydrogen) atoms. The average Bonchev–Trinajstić information content (AvgIpc) is 2.79. The lowest BCUT2D eigenvalue weighted by Gasteiger charge is -2.38. The molecule has 0 aromatic carbocycles. The zero-order chi connectivity index (χ0) is 12.1. The van der Waals surface area contributed by atoms with E-state index in [1.54, 1.807) is 12.5 Å². The molecule has 0 amide bonds. The molecule has 2 heterocycles. The third-order valence-corrected chi connectivity index (χ3v) is 3.45. The van der Waals surface area contributed by atoms with Gasteiger partial charge < -0.3 is 14.6 Å². The van der Waals surface area contributed by atoms with Crippen molar-refractivity contribution >= 4 is 0 Å². The van der Waals surface area contributed by atoms with E-state index in [1.807, 2.05) is 6.07 Å². The number of hydrogen-bond donors (Lipinski definition) is 1. The van der Waals surface area contributed by atoms with Crippen molar-refractivity contribution in [1.82, 2.24) is 15.1 Å². The molecular formula is C13H23N3O. The predicted molar refractivity (Wildman–Crippen MR) is 68.9 cm³/mol. The molecule has 96 valence electrons. The van der Waals surface area contributed by atoms with Crippen LogP contribution in [0.5, 0.6) is 0 Å². The van der Waals surface area contributed by atoms with Crippen LogP contribution < -0.4 is 5.32 Å². The van der Waals surface area contributed by atoms with Crippen LogP contribution >= 0.6 is 0 Å². The molecule has 1 unspecified atom stereocenters. The highest BCUT2D eigenvalue weighted by molar-refractivity contribution is 5.04. The summed E-state index contributed by atoms with van der Waals surface area (Å²) in [5.41, 5.74) is 1.22. The van der Waals surface area contributed by atoms with E-state index in [0.29, 0.717) is 6.04 Å². The minimum atomic E-state index is 0.671. The van der Waals surface area contributed by atoms with E-state index in [0.717, 1.165) is 19.6 Å². The highest BCUT2D eigenvalue weighted by Crippen LogP contribution is 2.06. The van der Waals surface area contributed by atoms with Crippen molar-refractivity contribution in [3.05, 3.63) is 24.2 Å². The fourth-order valence-corrected chi connectivity index (χ4v) is 2.36. The van der Waals surface area contributed by atoms with Gasteiger partial charge in [-0.2, -0.15) is 0 Å². The van der Waals surface area contributed by atoms with Crippen molar-refractivity contribution < 1.29 is 4.42 Å². The Labute approximate surface area is 104 Å². The zero-order valence-corrected chi connectivity index (χ0v) is 10.9. The summed E-state index contributed by atoms with van der Waals surface area (Å²) in [4.78, 5) is 4.96. The van der Waals surface area contributed by atoms with Gasteiger partial charge in [-0.05, 0) is 20.0 Å². The lowest BCUT2D eigenvalue weighted by Crippen LogP contribution is -2.51. The van der Waals surface area contributed by atoms with Gasteiger partial charge in [0.15, 0.2) is 0 Å². The van der Waals surface area contributed by atoms with E-state index in [2.05, 4.69) is 29.1 Å². The maximum atomic E-state index is 5.03. The molecule has 1 aliphatic heterocycles. The Hall–Kier alpha value is -0.840. The monoisotopic (exact) mass is 237 g/mol. The molecular weight excluding hydrogens is 214 g/mol. The van der Waals surface area contributed by atoms with Crippen LogP contribution in [-0.2, 0) is 6.54 Å². The van der Waals surface area contributed by atoms with Crippen LogP contribution in [-0.4, -0.2) is 55.6 Å². The molecule has 1 N–H and O–H groups in total. The van der Waals surface area contributed by atoms with E-state index in [9.17, 15) is 0 Å². The van der Waals surface area contributed by atoms with Crippen LogP contribution in [0.3, 0.4) is 0 Å². The van der Waals surface area contributed by atoms with Crippen LogP contribution in [0.15, 0.2) is 23.0 Å². The lowest BCUT2D eigenvalue weighted by atomic mass is 10.2. The first-order valence-corrected chi connectivity index (χ1v) is 6.40. The normalized spacial score (nSPS) is 23.1. The Morgan fingerprint density at radius 3 is 3.06 bits per heavy atom. The highest BCUT2D eigenvalue weighted by Gasteiger charge is 2.20. The van der Waals surface area contributed by atoms with Gasteiger partial charge in [-0.3, -0.25) is 4.90 Å². The summed E-state index contributed by atoms with van der Waals surface area (Å²) in [7, 11) is 2.20. The number of likely N-dealkylation sites (N-methyl/N-ethyl adjacent to an activating group) is 1. The van der Waals surface area contributed by atoms with Crippen molar-refractivity contribution in [2.75, 3.05) is 39.8 Å². The summed E-state index contributed by atoms with van der Waals surface area (Å²) < 4.78 is 5.03. The van der Waals surface area contributed by atoms with Gasteiger partial charge in [-0.1, -0.05) is 0 Å². The number of rotatable bonds is 5. The largest absolute Gasteiger partial charge is 0.472 e. The number of piperazine rings is 1. The molecule has 1 aromatic rings. The minimum Gasteiger partial charge on any atom is -0.472 e. The van der Waals surface area contributed by atoms with E-state index in [1.165, 1.54) is 25.2 Å². The van der Waals surface area contributed by atoms with E-state index in [-0.39, 0.29) is 0 Å². The molecule has 0 saturated carbocycles. The molecule has 0 aliphatic carbocycles. The van der Waals surface area contributed by atoms with Crippen LogP contribution in [0, 0.1) is 0 Å². The topological polar surface area (TPSA) is 31.6 Å².